The zero-order chi connectivity index (χ0) is 16.9. The highest BCUT2D eigenvalue weighted by atomic mass is 32.1. The summed E-state index contributed by atoms with van der Waals surface area (Å²) in [5, 5.41) is 12.7. The molecule has 0 spiro atoms. The molecule has 7 heteroatoms. The number of aromatic nitrogens is 3. The van der Waals surface area contributed by atoms with Gasteiger partial charge in [-0.1, -0.05) is 18.2 Å². The van der Waals surface area contributed by atoms with E-state index in [4.69, 9.17) is 4.74 Å². The first-order chi connectivity index (χ1) is 11.6. The van der Waals surface area contributed by atoms with Gasteiger partial charge in [-0.2, -0.15) is 5.10 Å². The number of ether oxygens (including phenoxy) is 1. The molecule has 0 aliphatic heterocycles. The summed E-state index contributed by atoms with van der Waals surface area (Å²) in [5.41, 5.74) is 1.93. The lowest BCUT2D eigenvalue weighted by Gasteiger charge is -2.09. The van der Waals surface area contributed by atoms with Crippen LogP contribution in [0, 0.1) is 6.92 Å². The maximum absolute atomic E-state index is 12.3. The molecule has 3 rings (SSSR count). The molecule has 0 saturated carbocycles. The summed E-state index contributed by atoms with van der Waals surface area (Å²) in [6.07, 6.45) is 0. The average Bonchev–Trinajstić information content (AvgIpc) is 3.23. The van der Waals surface area contributed by atoms with Crippen LogP contribution in [0.3, 0.4) is 0 Å². The minimum absolute atomic E-state index is 0.164. The van der Waals surface area contributed by atoms with Crippen molar-refractivity contribution in [2.24, 2.45) is 0 Å². The Morgan fingerprint density at radius 2 is 2.17 bits per heavy atom. The SMILES string of the molecule is Cc1nc([C@@H](C)NC(=O)c2cc(COc3ccccc3)[nH]n2)cs1. The highest BCUT2D eigenvalue weighted by molar-refractivity contribution is 7.09. The monoisotopic (exact) mass is 342 g/mol. The molecule has 2 N–H and O–H groups in total. The maximum atomic E-state index is 12.3. The molecule has 124 valence electrons. The van der Waals surface area contributed by atoms with Crippen LogP contribution in [-0.4, -0.2) is 21.1 Å². The predicted molar refractivity (Wildman–Crippen MR) is 92.1 cm³/mol. The minimum atomic E-state index is -0.240. The molecule has 0 radical (unpaired) electrons. The topological polar surface area (TPSA) is 79.9 Å². The smallest absolute Gasteiger partial charge is 0.272 e. The zero-order valence-corrected chi connectivity index (χ0v) is 14.3. The van der Waals surface area contributed by atoms with Gasteiger partial charge in [-0.3, -0.25) is 9.89 Å². The fourth-order valence-corrected chi connectivity index (χ4v) is 2.86. The van der Waals surface area contributed by atoms with Crippen molar-refractivity contribution in [1.82, 2.24) is 20.5 Å². The van der Waals surface area contributed by atoms with Crippen molar-refractivity contribution in [2.75, 3.05) is 0 Å². The Bertz CT molecular complexity index is 813. The van der Waals surface area contributed by atoms with Crippen LogP contribution in [0.4, 0.5) is 0 Å². The average molecular weight is 342 g/mol. The Morgan fingerprint density at radius 3 is 2.88 bits per heavy atom. The number of nitrogens with zero attached hydrogens (tertiary/aromatic N) is 2. The number of carbonyl (C=O) groups excluding carboxylic acids is 1. The highest BCUT2D eigenvalue weighted by Gasteiger charge is 2.16. The quantitative estimate of drug-likeness (QED) is 0.721. The number of para-hydroxylation sites is 1. The Kier molecular flexibility index (Phi) is 4.90. The third-order valence-electron chi connectivity index (χ3n) is 3.43. The summed E-state index contributed by atoms with van der Waals surface area (Å²) in [6.45, 7) is 4.17. The van der Waals surface area contributed by atoms with Crippen LogP contribution in [0.2, 0.25) is 0 Å². The van der Waals surface area contributed by atoms with E-state index in [0.29, 0.717) is 12.3 Å². The molecule has 0 aliphatic carbocycles. The van der Waals surface area contributed by atoms with Gasteiger partial charge in [0.05, 0.1) is 22.4 Å². The van der Waals surface area contributed by atoms with E-state index in [1.54, 1.807) is 17.4 Å². The van der Waals surface area contributed by atoms with Crippen LogP contribution in [0.25, 0.3) is 0 Å². The zero-order valence-electron chi connectivity index (χ0n) is 13.4. The maximum Gasteiger partial charge on any atom is 0.272 e. The van der Waals surface area contributed by atoms with Crippen molar-refractivity contribution >= 4 is 17.2 Å². The fourth-order valence-electron chi connectivity index (χ4n) is 2.15. The molecule has 0 fully saturated rings. The van der Waals surface area contributed by atoms with Crippen LogP contribution in [0.1, 0.15) is 39.8 Å². The van der Waals surface area contributed by atoms with Crippen molar-refractivity contribution in [3.8, 4) is 5.75 Å². The van der Waals surface area contributed by atoms with Gasteiger partial charge < -0.3 is 10.1 Å². The fraction of sp³-hybridized carbons (Fsp3) is 0.235. The molecular weight excluding hydrogens is 324 g/mol. The summed E-state index contributed by atoms with van der Waals surface area (Å²) in [4.78, 5) is 16.6. The van der Waals surface area contributed by atoms with E-state index in [9.17, 15) is 4.79 Å². The van der Waals surface area contributed by atoms with E-state index in [1.165, 1.54) is 0 Å². The molecule has 1 amide bonds. The number of nitrogens with one attached hydrogen (secondary N) is 2. The number of hydrogen-bond donors (Lipinski definition) is 2. The van der Waals surface area contributed by atoms with Gasteiger partial charge in [0.2, 0.25) is 0 Å². The normalized spacial score (nSPS) is 11.9. The third-order valence-corrected chi connectivity index (χ3v) is 4.22. The van der Waals surface area contributed by atoms with Crippen LogP contribution in [0.5, 0.6) is 5.75 Å². The lowest BCUT2D eigenvalue weighted by Crippen LogP contribution is -2.27. The van der Waals surface area contributed by atoms with Crippen LogP contribution < -0.4 is 10.1 Å². The van der Waals surface area contributed by atoms with Gasteiger partial charge in [0.1, 0.15) is 18.1 Å². The van der Waals surface area contributed by atoms with Crippen LogP contribution in [-0.2, 0) is 6.61 Å². The lowest BCUT2D eigenvalue weighted by atomic mass is 10.2. The van der Waals surface area contributed by atoms with Gasteiger partial charge in [0.25, 0.3) is 5.91 Å². The van der Waals surface area contributed by atoms with Gasteiger partial charge >= 0.3 is 0 Å². The molecule has 6 nitrogen and oxygen atoms in total. The number of carbonyl (C=O) groups is 1. The second-order valence-corrected chi connectivity index (χ2v) is 6.43. The van der Waals surface area contributed by atoms with Crippen molar-refractivity contribution in [3.63, 3.8) is 0 Å². The van der Waals surface area contributed by atoms with Gasteiger partial charge in [-0.25, -0.2) is 4.98 Å². The van der Waals surface area contributed by atoms with E-state index >= 15 is 0 Å². The second-order valence-electron chi connectivity index (χ2n) is 5.37. The van der Waals surface area contributed by atoms with Crippen LogP contribution >= 0.6 is 11.3 Å². The summed E-state index contributed by atoms with van der Waals surface area (Å²) in [6, 6.07) is 11.0. The molecule has 1 aromatic carbocycles. The Morgan fingerprint density at radius 1 is 1.38 bits per heavy atom. The largest absolute Gasteiger partial charge is 0.487 e. The molecule has 1 atom stereocenters. The number of H-pyrrole nitrogens is 1. The molecule has 0 saturated heterocycles. The number of amides is 1. The summed E-state index contributed by atoms with van der Waals surface area (Å²) in [7, 11) is 0. The van der Waals surface area contributed by atoms with Crippen LogP contribution in [0.15, 0.2) is 41.8 Å². The molecule has 24 heavy (non-hydrogen) atoms. The Balaban J connectivity index is 1.57. The summed E-state index contributed by atoms with van der Waals surface area (Å²) < 4.78 is 5.63. The van der Waals surface area contributed by atoms with Crippen molar-refractivity contribution in [2.45, 2.75) is 26.5 Å². The van der Waals surface area contributed by atoms with E-state index in [2.05, 4.69) is 20.5 Å². The molecule has 2 aromatic heterocycles. The highest BCUT2D eigenvalue weighted by Crippen LogP contribution is 2.16. The molecule has 3 aromatic rings. The molecule has 0 unspecified atom stereocenters. The minimum Gasteiger partial charge on any atom is -0.487 e. The van der Waals surface area contributed by atoms with Gasteiger partial charge in [0, 0.05) is 5.38 Å². The van der Waals surface area contributed by atoms with E-state index in [1.807, 2.05) is 49.6 Å². The number of aromatic amines is 1. The standard InChI is InChI=1S/C17H18N4O2S/c1-11(16-10-24-12(2)19-16)18-17(22)15-8-13(20-21-15)9-23-14-6-4-3-5-7-14/h3-8,10-11H,9H2,1-2H3,(H,18,22)(H,20,21)/t11-/m1/s1. The second kappa shape index (κ2) is 7.27. The van der Waals surface area contributed by atoms with Gasteiger partial charge in [-0.15, -0.1) is 11.3 Å². The Hall–Kier alpha value is -2.67. The van der Waals surface area contributed by atoms with Gasteiger partial charge in [-0.05, 0) is 32.0 Å². The summed E-state index contributed by atoms with van der Waals surface area (Å²) >= 11 is 1.56. The number of thiazole rings is 1. The number of hydrogen-bond acceptors (Lipinski definition) is 5. The number of benzene rings is 1. The first-order valence-corrected chi connectivity index (χ1v) is 8.45. The molecular formula is C17H18N4O2S. The molecule has 0 bridgehead atoms. The lowest BCUT2D eigenvalue weighted by molar-refractivity contribution is 0.0934. The van der Waals surface area contributed by atoms with E-state index in [0.717, 1.165) is 22.1 Å². The van der Waals surface area contributed by atoms with Crippen molar-refractivity contribution in [3.05, 3.63) is 63.9 Å². The molecule has 2 heterocycles. The van der Waals surface area contributed by atoms with E-state index in [-0.39, 0.29) is 11.9 Å². The third kappa shape index (κ3) is 3.99. The number of aryl methyl sites for hydroxylation is 1. The number of rotatable bonds is 6. The van der Waals surface area contributed by atoms with Crippen molar-refractivity contribution in [1.29, 1.82) is 0 Å². The van der Waals surface area contributed by atoms with E-state index < -0.39 is 0 Å². The Labute approximate surface area is 143 Å². The molecule has 0 aliphatic rings. The summed E-state index contributed by atoms with van der Waals surface area (Å²) in [5.74, 6) is 0.529. The van der Waals surface area contributed by atoms with Gasteiger partial charge in [0.15, 0.2) is 0 Å². The first kappa shape index (κ1) is 16.2. The first-order valence-electron chi connectivity index (χ1n) is 7.57. The predicted octanol–water partition coefficient (Wildman–Crippen LogP) is 3.24. The van der Waals surface area contributed by atoms with Crippen molar-refractivity contribution < 1.29 is 9.53 Å².